The quantitative estimate of drug-likeness (QED) is 0.287. The predicted molar refractivity (Wildman–Crippen MR) is 136 cm³/mol. The van der Waals surface area contributed by atoms with Gasteiger partial charge in [0, 0.05) is 23.7 Å². The highest BCUT2D eigenvalue weighted by Crippen LogP contribution is 2.44. The Morgan fingerprint density at radius 3 is 2.47 bits per heavy atom. The molecule has 0 bridgehead atoms. The molecule has 2 aliphatic rings. The van der Waals surface area contributed by atoms with E-state index in [4.69, 9.17) is 14.2 Å². The lowest BCUT2D eigenvalue weighted by Gasteiger charge is -2.26. The summed E-state index contributed by atoms with van der Waals surface area (Å²) in [6.07, 6.45) is 0.722. The largest absolute Gasteiger partial charge is 0.507 e. The maximum atomic E-state index is 13.4. The molecule has 36 heavy (non-hydrogen) atoms. The summed E-state index contributed by atoms with van der Waals surface area (Å²) < 4.78 is 17.0. The number of hydrogen-bond acceptors (Lipinski definition) is 6. The number of aliphatic hydroxyl groups excluding tert-OH is 1. The first-order valence-electron chi connectivity index (χ1n) is 12.0. The minimum Gasteiger partial charge on any atom is -0.507 e. The highest BCUT2D eigenvalue weighted by Gasteiger charge is 2.47. The lowest BCUT2D eigenvalue weighted by molar-refractivity contribution is -0.132. The molecule has 2 heterocycles. The molecule has 7 heteroatoms. The van der Waals surface area contributed by atoms with Crippen LogP contribution in [0.3, 0.4) is 0 Å². The van der Waals surface area contributed by atoms with Gasteiger partial charge < -0.3 is 19.3 Å². The standard InChI is InChI=1S/C29H27NO6/c1-3-34-23-13-11-21(17-24(23)35-4-2)30-26(18-8-6-5-7-9-18)25(28(32)29(30)33)27(31)20-10-12-22-19(16-20)14-15-36-22/h5-13,16-17,26,31H,3-4,14-15H2,1-2H3/b27-25-. The van der Waals surface area contributed by atoms with Crippen LogP contribution in [-0.2, 0) is 16.0 Å². The second kappa shape index (κ2) is 9.77. The molecule has 0 spiro atoms. The Labute approximate surface area is 209 Å². The number of Topliss-reactive ketones (excluding diaryl/α,β-unsaturated/α-hetero) is 1. The van der Waals surface area contributed by atoms with Crippen LogP contribution >= 0.6 is 0 Å². The van der Waals surface area contributed by atoms with E-state index in [1.165, 1.54) is 4.90 Å². The molecule has 1 unspecified atom stereocenters. The van der Waals surface area contributed by atoms with Gasteiger partial charge >= 0.3 is 0 Å². The van der Waals surface area contributed by atoms with Crippen molar-refractivity contribution in [1.29, 1.82) is 0 Å². The Morgan fingerprint density at radius 2 is 1.72 bits per heavy atom. The van der Waals surface area contributed by atoms with E-state index in [9.17, 15) is 14.7 Å². The summed E-state index contributed by atoms with van der Waals surface area (Å²) in [5, 5.41) is 11.4. The van der Waals surface area contributed by atoms with E-state index in [0.717, 1.165) is 17.7 Å². The summed E-state index contributed by atoms with van der Waals surface area (Å²) in [6, 6.07) is 18.9. The molecule has 7 nitrogen and oxygen atoms in total. The molecule has 0 radical (unpaired) electrons. The van der Waals surface area contributed by atoms with E-state index >= 15 is 0 Å². The van der Waals surface area contributed by atoms with E-state index in [0.29, 0.717) is 48.1 Å². The van der Waals surface area contributed by atoms with Gasteiger partial charge in [-0.3, -0.25) is 14.5 Å². The minimum absolute atomic E-state index is 0.0388. The van der Waals surface area contributed by atoms with Crippen LogP contribution in [0.4, 0.5) is 5.69 Å². The summed E-state index contributed by atoms with van der Waals surface area (Å²) in [5.41, 5.74) is 2.64. The fourth-order valence-corrected chi connectivity index (χ4v) is 4.73. The highest BCUT2D eigenvalue weighted by atomic mass is 16.5. The van der Waals surface area contributed by atoms with Crippen LogP contribution in [-0.4, -0.2) is 36.6 Å². The zero-order valence-corrected chi connectivity index (χ0v) is 20.2. The monoisotopic (exact) mass is 485 g/mol. The third-order valence-corrected chi connectivity index (χ3v) is 6.33. The first kappa shape index (κ1) is 23.5. The van der Waals surface area contributed by atoms with Gasteiger partial charge in [-0.25, -0.2) is 0 Å². The van der Waals surface area contributed by atoms with Crippen LogP contribution in [0.25, 0.3) is 5.76 Å². The summed E-state index contributed by atoms with van der Waals surface area (Å²) in [7, 11) is 0. The maximum Gasteiger partial charge on any atom is 0.300 e. The van der Waals surface area contributed by atoms with E-state index in [-0.39, 0.29) is 11.3 Å². The molecule has 3 aromatic rings. The molecular weight excluding hydrogens is 458 g/mol. The van der Waals surface area contributed by atoms with E-state index < -0.39 is 17.7 Å². The van der Waals surface area contributed by atoms with Crippen molar-refractivity contribution in [2.75, 3.05) is 24.7 Å². The van der Waals surface area contributed by atoms with E-state index in [1.54, 1.807) is 30.3 Å². The average Bonchev–Trinajstić information content (AvgIpc) is 3.47. The van der Waals surface area contributed by atoms with Gasteiger partial charge in [-0.15, -0.1) is 0 Å². The second-order valence-electron chi connectivity index (χ2n) is 8.50. The molecule has 1 N–H and O–H groups in total. The molecule has 184 valence electrons. The summed E-state index contributed by atoms with van der Waals surface area (Å²) in [4.78, 5) is 28.3. The van der Waals surface area contributed by atoms with Crippen LogP contribution in [0, 0.1) is 0 Å². The molecule has 1 amide bonds. The van der Waals surface area contributed by atoms with Crippen LogP contribution in [0.2, 0.25) is 0 Å². The number of amides is 1. The smallest absolute Gasteiger partial charge is 0.300 e. The summed E-state index contributed by atoms with van der Waals surface area (Å²) in [5.74, 6) is 0.117. The number of fused-ring (bicyclic) bond motifs is 1. The predicted octanol–water partition coefficient (Wildman–Crippen LogP) is 5.05. The van der Waals surface area contributed by atoms with Crippen molar-refractivity contribution in [2.45, 2.75) is 26.3 Å². The Bertz CT molecular complexity index is 1350. The van der Waals surface area contributed by atoms with Gasteiger partial charge in [-0.1, -0.05) is 30.3 Å². The van der Waals surface area contributed by atoms with Gasteiger partial charge in [0.25, 0.3) is 11.7 Å². The molecule has 0 saturated carbocycles. The Balaban J connectivity index is 1.66. The van der Waals surface area contributed by atoms with Gasteiger partial charge in [0.1, 0.15) is 11.5 Å². The van der Waals surface area contributed by atoms with Crippen molar-refractivity contribution in [3.63, 3.8) is 0 Å². The van der Waals surface area contributed by atoms with Crippen LogP contribution in [0.1, 0.15) is 36.6 Å². The molecule has 1 atom stereocenters. The fraction of sp³-hybridized carbons (Fsp3) is 0.241. The zero-order valence-electron chi connectivity index (χ0n) is 20.2. The summed E-state index contributed by atoms with van der Waals surface area (Å²) in [6.45, 7) is 5.18. The Hall–Kier alpha value is -4.26. The van der Waals surface area contributed by atoms with Crippen molar-refractivity contribution < 1.29 is 28.9 Å². The van der Waals surface area contributed by atoms with Crippen molar-refractivity contribution in [3.8, 4) is 17.2 Å². The SMILES string of the molecule is CCOc1ccc(N2C(=O)C(=O)/C(=C(\O)c3ccc4c(c3)CCO4)C2c2ccccc2)cc1OCC. The lowest BCUT2D eigenvalue weighted by Crippen LogP contribution is -2.29. The number of rotatable bonds is 7. The van der Waals surface area contributed by atoms with Crippen LogP contribution in [0.15, 0.2) is 72.3 Å². The molecule has 0 aromatic heterocycles. The number of ether oxygens (including phenoxy) is 3. The van der Waals surface area contributed by atoms with Gasteiger partial charge in [-0.05, 0) is 55.3 Å². The van der Waals surface area contributed by atoms with Gasteiger partial charge in [0.2, 0.25) is 0 Å². The molecule has 3 aromatic carbocycles. The summed E-state index contributed by atoms with van der Waals surface area (Å²) >= 11 is 0. The minimum atomic E-state index is -0.817. The van der Waals surface area contributed by atoms with Crippen molar-refractivity contribution in [1.82, 2.24) is 0 Å². The molecule has 1 fully saturated rings. The molecular formula is C29H27NO6. The number of benzene rings is 3. The molecule has 1 saturated heterocycles. The van der Waals surface area contributed by atoms with Crippen LogP contribution in [0.5, 0.6) is 17.2 Å². The third-order valence-electron chi connectivity index (χ3n) is 6.33. The topological polar surface area (TPSA) is 85.3 Å². The number of carbonyl (C=O) groups excluding carboxylic acids is 2. The zero-order chi connectivity index (χ0) is 25.2. The normalized spacial score (nSPS) is 18.2. The average molecular weight is 486 g/mol. The van der Waals surface area contributed by atoms with Gasteiger partial charge in [0.15, 0.2) is 11.5 Å². The Kier molecular flexibility index (Phi) is 6.38. The molecule has 2 aliphatic heterocycles. The lowest BCUT2D eigenvalue weighted by atomic mass is 9.94. The second-order valence-corrected chi connectivity index (χ2v) is 8.50. The van der Waals surface area contributed by atoms with E-state index in [2.05, 4.69) is 0 Å². The van der Waals surface area contributed by atoms with Crippen LogP contribution < -0.4 is 19.1 Å². The number of carbonyl (C=O) groups is 2. The number of nitrogens with zero attached hydrogens (tertiary/aromatic N) is 1. The van der Waals surface area contributed by atoms with E-state index in [1.807, 2.05) is 50.2 Å². The van der Waals surface area contributed by atoms with Crippen molar-refractivity contribution >= 4 is 23.1 Å². The number of aliphatic hydroxyl groups is 1. The highest BCUT2D eigenvalue weighted by molar-refractivity contribution is 6.51. The maximum absolute atomic E-state index is 13.4. The first-order valence-corrected chi connectivity index (χ1v) is 12.0. The van der Waals surface area contributed by atoms with Crippen molar-refractivity contribution in [3.05, 3.63) is 89.0 Å². The molecule has 0 aliphatic carbocycles. The Morgan fingerprint density at radius 1 is 0.972 bits per heavy atom. The van der Waals surface area contributed by atoms with Crippen molar-refractivity contribution in [2.24, 2.45) is 0 Å². The first-order chi connectivity index (χ1) is 17.5. The number of hydrogen-bond donors (Lipinski definition) is 1. The number of anilines is 1. The molecule has 5 rings (SSSR count). The number of ketones is 1. The van der Waals surface area contributed by atoms with Gasteiger partial charge in [-0.2, -0.15) is 0 Å². The third kappa shape index (κ3) is 4.06. The fourth-order valence-electron chi connectivity index (χ4n) is 4.73. The van der Waals surface area contributed by atoms with Gasteiger partial charge in [0.05, 0.1) is 31.4 Å².